The number of carbonyl (C=O) groups excluding carboxylic acids is 2. The fraction of sp³-hybridized carbons (Fsp3) is 0.200. The third-order valence-electron chi connectivity index (χ3n) is 5.45. The Balaban J connectivity index is 1.35. The zero-order valence-corrected chi connectivity index (χ0v) is 18.8. The van der Waals surface area contributed by atoms with Gasteiger partial charge in [-0.1, -0.05) is 48.5 Å². The van der Waals surface area contributed by atoms with Gasteiger partial charge in [-0.15, -0.1) is 23.7 Å². The molecule has 1 aliphatic rings. The number of aromatic carboxylic acids is 1. The van der Waals surface area contributed by atoms with Gasteiger partial charge in [0, 0.05) is 12.3 Å². The summed E-state index contributed by atoms with van der Waals surface area (Å²) in [7, 11) is 0. The molecular weight excluding hydrogens is 454 g/mol. The molecule has 1 atom stereocenters. The molecule has 8 nitrogen and oxygen atoms in total. The van der Waals surface area contributed by atoms with Crippen molar-refractivity contribution in [1.82, 2.24) is 15.6 Å². The van der Waals surface area contributed by atoms with E-state index in [2.05, 4.69) is 21.5 Å². The Labute approximate surface area is 200 Å². The molecule has 4 rings (SSSR count). The van der Waals surface area contributed by atoms with Crippen molar-refractivity contribution in [1.29, 1.82) is 0 Å². The highest BCUT2D eigenvalue weighted by Gasteiger charge is 2.29. The van der Waals surface area contributed by atoms with Crippen molar-refractivity contribution in [3.05, 3.63) is 75.7 Å². The molecule has 9 heteroatoms. The lowest BCUT2D eigenvalue weighted by atomic mass is 9.98. The van der Waals surface area contributed by atoms with E-state index in [-0.39, 0.29) is 30.4 Å². The number of fused-ring (bicyclic) bond motifs is 3. The number of carbonyl (C=O) groups is 3. The van der Waals surface area contributed by atoms with Crippen LogP contribution in [0.1, 0.15) is 38.1 Å². The summed E-state index contributed by atoms with van der Waals surface area (Å²) in [4.78, 5) is 40.0. The maximum Gasteiger partial charge on any atom is 0.407 e. The van der Waals surface area contributed by atoms with E-state index in [1.54, 1.807) is 0 Å². The van der Waals surface area contributed by atoms with Gasteiger partial charge in [0.1, 0.15) is 22.5 Å². The van der Waals surface area contributed by atoms with Crippen LogP contribution in [0.5, 0.6) is 0 Å². The fourth-order valence-corrected chi connectivity index (χ4v) is 4.58. The number of hydrogen-bond acceptors (Lipinski definition) is 6. The van der Waals surface area contributed by atoms with Crippen molar-refractivity contribution in [2.75, 3.05) is 6.61 Å². The Hall–Kier alpha value is -4.16. The third-order valence-corrected chi connectivity index (χ3v) is 6.44. The highest BCUT2D eigenvalue weighted by molar-refractivity contribution is 7.13. The van der Waals surface area contributed by atoms with Gasteiger partial charge in [-0.25, -0.2) is 14.6 Å². The number of benzene rings is 2. The average Bonchev–Trinajstić information content (AvgIpc) is 3.44. The SMILES string of the molecule is C#CCC(NC(=O)OCC1c2ccccc2-c2ccccc21)C(=O)NCc1ncc(C(=O)O)s1. The summed E-state index contributed by atoms with van der Waals surface area (Å²) in [6, 6.07) is 15.0. The van der Waals surface area contributed by atoms with Crippen molar-refractivity contribution in [2.45, 2.75) is 24.9 Å². The maximum absolute atomic E-state index is 12.6. The van der Waals surface area contributed by atoms with Gasteiger partial charge in [0.25, 0.3) is 0 Å². The second-order valence-corrected chi connectivity index (χ2v) is 8.69. The first-order valence-electron chi connectivity index (χ1n) is 10.5. The Bertz CT molecular complexity index is 1230. The van der Waals surface area contributed by atoms with Crippen LogP contribution >= 0.6 is 11.3 Å². The Morgan fingerprint density at radius 3 is 2.35 bits per heavy atom. The van der Waals surface area contributed by atoms with E-state index in [1.165, 1.54) is 6.20 Å². The van der Waals surface area contributed by atoms with Gasteiger partial charge in [-0.2, -0.15) is 0 Å². The van der Waals surface area contributed by atoms with Gasteiger partial charge in [-0.3, -0.25) is 4.79 Å². The van der Waals surface area contributed by atoms with Crippen molar-refractivity contribution in [3.63, 3.8) is 0 Å². The van der Waals surface area contributed by atoms with E-state index >= 15 is 0 Å². The molecule has 0 radical (unpaired) electrons. The number of hydrogen-bond donors (Lipinski definition) is 3. The van der Waals surface area contributed by atoms with Gasteiger partial charge in [0.15, 0.2) is 0 Å². The number of nitrogens with zero attached hydrogens (tertiary/aromatic N) is 1. The molecule has 0 saturated heterocycles. The lowest BCUT2D eigenvalue weighted by molar-refractivity contribution is -0.123. The van der Waals surface area contributed by atoms with Crippen molar-refractivity contribution < 1.29 is 24.2 Å². The summed E-state index contributed by atoms with van der Waals surface area (Å²) in [5.41, 5.74) is 4.40. The number of ether oxygens (including phenoxy) is 1. The zero-order valence-electron chi connectivity index (χ0n) is 18.0. The quantitative estimate of drug-likeness (QED) is 0.430. The minimum atomic E-state index is -1.09. The standard InChI is InChI=1S/C25H21N3O5S/c1-2-7-20(23(29)27-13-22-26-12-21(34-22)24(30)31)28-25(32)33-14-19-17-10-5-3-8-15(17)16-9-4-6-11-18(16)19/h1,3-6,8-12,19-20H,7,13-14H2,(H,27,29)(H,28,32)(H,30,31). The number of amides is 2. The monoisotopic (exact) mass is 475 g/mol. The molecule has 0 fully saturated rings. The molecule has 0 spiro atoms. The summed E-state index contributed by atoms with van der Waals surface area (Å²) < 4.78 is 5.48. The number of rotatable bonds is 8. The predicted octanol–water partition coefficient (Wildman–Crippen LogP) is 3.39. The summed E-state index contributed by atoms with van der Waals surface area (Å²) >= 11 is 0.955. The molecule has 2 amide bonds. The lowest BCUT2D eigenvalue weighted by Crippen LogP contribution is -2.46. The van der Waals surface area contributed by atoms with Crippen LogP contribution in [-0.4, -0.2) is 40.7 Å². The molecule has 1 aliphatic carbocycles. The fourth-order valence-electron chi connectivity index (χ4n) is 3.89. The molecule has 34 heavy (non-hydrogen) atoms. The number of carboxylic acid groups (broad SMARTS) is 1. The first-order valence-corrected chi connectivity index (χ1v) is 11.3. The van der Waals surface area contributed by atoms with Crippen LogP contribution in [0.25, 0.3) is 11.1 Å². The molecule has 0 aliphatic heterocycles. The van der Waals surface area contributed by atoms with Crippen LogP contribution in [0.4, 0.5) is 4.79 Å². The number of alkyl carbamates (subject to hydrolysis) is 1. The third kappa shape index (κ3) is 4.92. The van der Waals surface area contributed by atoms with Crippen LogP contribution in [-0.2, 0) is 16.1 Å². The van der Waals surface area contributed by atoms with Crippen molar-refractivity contribution >= 4 is 29.3 Å². The van der Waals surface area contributed by atoms with Gasteiger partial charge in [0.2, 0.25) is 5.91 Å². The topological polar surface area (TPSA) is 118 Å². The molecule has 172 valence electrons. The van der Waals surface area contributed by atoms with Gasteiger partial charge in [-0.05, 0) is 22.3 Å². The van der Waals surface area contributed by atoms with Crippen LogP contribution < -0.4 is 10.6 Å². The Kier molecular flexibility index (Phi) is 6.90. The summed E-state index contributed by atoms with van der Waals surface area (Å²) in [6.45, 7) is 0.131. The van der Waals surface area contributed by atoms with Gasteiger partial charge in [0.05, 0.1) is 12.7 Å². The number of terminal acetylenes is 1. The van der Waals surface area contributed by atoms with E-state index in [4.69, 9.17) is 16.3 Å². The van der Waals surface area contributed by atoms with E-state index in [0.717, 1.165) is 33.6 Å². The first kappa shape index (κ1) is 23.0. The van der Waals surface area contributed by atoms with Gasteiger partial charge >= 0.3 is 12.1 Å². The van der Waals surface area contributed by atoms with Gasteiger partial charge < -0.3 is 20.5 Å². The molecule has 1 aromatic heterocycles. The Morgan fingerprint density at radius 1 is 1.12 bits per heavy atom. The minimum absolute atomic E-state index is 0.0181. The number of thiazole rings is 1. The average molecular weight is 476 g/mol. The summed E-state index contributed by atoms with van der Waals surface area (Å²) in [5, 5.41) is 14.5. The largest absolute Gasteiger partial charge is 0.477 e. The summed E-state index contributed by atoms with van der Waals surface area (Å²) in [5.74, 6) is 0.666. The predicted molar refractivity (Wildman–Crippen MR) is 126 cm³/mol. The first-order chi connectivity index (χ1) is 16.5. The molecule has 0 saturated carbocycles. The second kappa shape index (κ2) is 10.2. The molecule has 3 N–H and O–H groups in total. The van der Waals surface area contributed by atoms with E-state index in [1.807, 2.05) is 48.5 Å². The van der Waals surface area contributed by atoms with Crippen molar-refractivity contribution in [2.24, 2.45) is 0 Å². The number of aromatic nitrogens is 1. The molecule has 1 heterocycles. The lowest BCUT2D eigenvalue weighted by Gasteiger charge is -2.18. The van der Waals surface area contributed by atoms with E-state index < -0.39 is 24.0 Å². The van der Waals surface area contributed by atoms with E-state index in [9.17, 15) is 14.4 Å². The van der Waals surface area contributed by atoms with Crippen molar-refractivity contribution in [3.8, 4) is 23.5 Å². The van der Waals surface area contributed by atoms with Crippen LogP contribution in [0.2, 0.25) is 0 Å². The Morgan fingerprint density at radius 2 is 1.76 bits per heavy atom. The van der Waals surface area contributed by atoms with Crippen LogP contribution in [0.3, 0.4) is 0 Å². The molecule has 2 aromatic carbocycles. The normalized spacial score (nSPS) is 12.7. The second-order valence-electron chi connectivity index (χ2n) is 7.57. The van der Waals surface area contributed by atoms with E-state index in [0.29, 0.717) is 5.01 Å². The molecule has 3 aromatic rings. The van der Waals surface area contributed by atoms with Crippen LogP contribution in [0, 0.1) is 12.3 Å². The smallest absolute Gasteiger partial charge is 0.407 e. The molecule has 0 bridgehead atoms. The van der Waals surface area contributed by atoms with Crippen LogP contribution in [0.15, 0.2) is 54.7 Å². The minimum Gasteiger partial charge on any atom is -0.477 e. The maximum atomic E-state index is 12.6. The highest BCUT2D eigenvalue weighted by atomic mass is 32.1. The summed E-state index contributed by atoms with van der Waals surface area (Å²) in [6.07, 6.45) is 5.81. The molecular formula is C25H21N3O5S. The zero-order chi connectivity index (χ0) is 24.1. The highest BCUT2D eigenvalue weighted by Crippen LogP contribution is 2.44. The number of carboxylic acids is 1. The molecule has 1 unspecified atom stereocenters. The number of nitrogens with one attached hydrogen (secondary N) is 2.